The van der Waals surface area contributed by atoms with E-state index in [1.54, 1.807) is 29.2 Å². The number of hydrogen-bond donors (Lipinski definition) is 0. The van der Waals surface area contributed by atoms with Gasteiger partial charge in [-0.2, -0.15) is 5.26 Å². The van der Waals surface area contributed by atoms with E-state index in [2.05, 4.69) is 27.9 Å². The minimum Gasteiger partial charge on any atom is -0.491 e. The summed E-state index contributed by atoms with van der Waals surface area (Å²) in [5, 5.41) is 9.45. The number of aryl methyl sites for hydroxylation is 1. The molecule has 1 aliphatic carbocycles. The topological polar surface area (TPSA) is 107 Å². The van der Waals surface area contributed by atoms with Gasteiger partial charge in [-0.15, -0.1) is 0 Å². The number of aromatic nitrogens is 5. The molecular formula is C30H30N6O2. The van der Waals surface area contributed by atoms with Gasteiger partial charge in [-0.3, -0.25) is 9.78 Å². The van der Waals surface area contributed by atoms with E-state index in [0.29, 0.717) is 35.9 Å². The van der Waals surface area contributed by atoms with Crippen molar-refractivity contribution in [2.75, 3.05) is 6.61 Å². The summed E-state index contributed by atoms with van der Waals surface area (Å²) in [6, 6.07) is 13.5. The van der Waals surface area contributed by atoms with E-state index in [1.807, 2.05) is 37.3 Å². The van der Waals surface area contributed by atoms with Gasteiger partial charge in [0.15, 0.2) is 5.75 Å². The van der Waals surface area contributed by atoms with Crippen LogP contribution in [0, 0.1) is 11.3 Å². The monoisotopic (exact) mass is 506 g/mol. The fourth-order valence-electron chi connectivity index (χ4n) is 4.52. The van der Waals surface area contributed by atoms with Crippen molar-refractivity contribution in [3.05, 3.63) is 93.6 Å². The third-order valence-electron chi connectivity index (χ3n) is 6.65. The lowest BCUT2D eigenvalue weighted by molar-refractivity contribution is 0.337. The molecule has 38 heavy (non-hydrogen) atoms. The second-order valence-corrected chi connectivity index (χ2v) is 9.45. The van der Waals surface area contributed by atoms with E-state index >= 15 is 0 Å². The standard InChI is InChI=1S/C30H30N6O2/c1-3-5-10-27-25(15-20-11-14-26(32-17-20)24-9-7-6-8-22(24)16-31)29(37)36(28(35-27)21-12-13-21)30-33-18-23(19-34-30)38-4-2/h6-9,11,14,17-19,21H,3-5,10,12-13,15H2,1-2H3. The van der Waals surface area contributed by atoms with E-state index in [-0.39, 0.29) is 11.5 Å². The van der Waals surface area contributed by atoms with Crippen LogP contribution in [0.3, 0.4) is 0 Å². The van der Waals surface area contributed by atoms with E-state index in [4.69, 9.17) is 9.72 Å². The maximum atomic E-state index is 14.0. The Hall–Kier alpha value is -4.38. The molecular weight excluding hydrogens is 476 g/mol. The second kappa shape index (κ2) is 11.3. The van der Waals surface area contributed by atoms with E-state index in [1.165, 1.54) is 0 Å². The van der Waals surface area contributed by atoms with E-state index < -0.39 is 0 Å². The Kier molecular flexibility index (Phi) is 7.55. The lowest BCUT2D eigenvalue weighted by Crippen LogP contribution is -2.30. The molecule has 0 radical (unpaired) electrons. The Morgan fingerprint density at radius 1 is 1.05 bits per heavy atom. The molecule has 1 aromatic carbocycles. The summed E-state index contributed by atoms with van der Waals surface area (Å²) in [5.74, 6) is 1.87. The van der Waals surface area contributed by atoms with Crippen LogP contribution in [-0.2, 0) is 12.8 Å². The third-order valence-corrected chi connectivity index (χ3v) is 6.65. The third kappa shape index (κ3) is 5.32. The molecule has 0 aliphatic heterocycles. The molecule has 3 aromatic heterocycles. The van der Waals surface area contributed by atoms with Gasteiger partial charge in [0.2, 0.25) is 5.95 Å². The molecule has 0 amide bonds. The number of nitriles is 1. The molecule has 8 heteroatoms. The lowest BCUT2D eigenvalue weighted by Gasteiger charge is -2.16. The zero-order valence-corrected chi connectivity index (χ0v) is 21.7. The Morgan fingerprint density at radius 3 is 2.50 bits per heavy atom. The molecule has 0 spiro atoms. The average molecular weight is 507 g/mol. The Bertz CT molecular complexity index is 1520. The maximum Gasteiger partial charge on any atom is 0.264 e. The maximum absolute atomic E-state index is 14.0. The Balaban J connectivity index is 1.55. The molecule has 0 bridgehead atoms. The van der Waals surface area contributed by atoms with Crippen LogP contribution in [0.4, 0.5) is 0 Å². The van der Waals surface area contributed by atoms with Crippen LogP contribution >= 0.6 is 0 Å². The summed E-state index contributed by atoms with van der Waals surface area (Å²) in [5.41, 5.74) is 4.35. The van der Waals surface area contributed by atoms with E-state index in [0.717, 1.165) is 60.4 Å². The number of unbranched alkanes of at least 4 members (excludes halogenated alkanes) is 1. The zero-order valence-electron chi connectivity index (χ0n) is 21.7. The summed E-state index contributed by atoms with van der Waals surface area (Å²) < 4.78 is 7.07. The average Bonchev–Trinajstić information content (AvgIpc) is 3.80. The van der Waals surface area contributed by atoms with Gasteiger partial charge >= 0.3 is 0 Å². The predicted molar refractivity (Wildman–Crippen MR) is 144 cm³/mol. The SMILES string of the molecule is CCCCc1nc(C2CC2)n(-c2ncc(OCC)cn2)c(=O)c1Cc1ccc(-c2ccccc2C#N)nc1. The first-order valence-corrected chi connectivity index (χ1v) is 13.2. The van der Waals surface area contributed by atoms with Crippen molar-refractivity contribution >= 4 is 0 Å². The fourth-order valence-corrected chi connectivity index (χ4v) is 4.52. The number of hydrogen-bond acceptors (Lipinski definition) is 7. The number of rotatable bonds is 10. The van der Waals surface area contributed by atoms with Crippen LogP contribution in [0.5, 0.6) is 5.75 Å². The molecule has 5 rings (SSSR count). The summed E-state index contributed by atoms with van der Waals surface area (Å²) >= 11 is 0. The zero-order chi connectivity index (χ0) is 26.5. The van der Waals surface area contributed by atoms with Crippen LogP contribution < -0.4 is 10.3 Å². The summed E-state index contributed by atoms with van der Waals surface area (Å²) in [4.78, 5) is 32.6. The van der Waals surface area contributed by atoms with Crippen molar-refractivity contribution in [2.45, 2.75) is 58.3 Å². The fraction of sp³-hybridized carbons (Fsp3) is 0.333. The first-order chi connectivity index (χ1) is 18.6. The lowest BCUT2D eigenvalue weighted by atomic mass is 10.0. The van der Waals surface area contributed by atoms with Gasteiger partial charge in [0.1, 0.15) is 5.82 Å². The molecule has 0 unspecified atom stereocenters. The first kappa shape index (κ1) is 25.3. The largest absolute Gasteiger partial charge is 0.491 e. The van der Waals surface area contributed by atoms with Crippen molar-refractivity contribution in [1.82, 2.24) is 24.5 Å². The van der Waals surface area contributed by atoms with Gasteiger partial charge in [0, 0.05) is 29.7 Å². The minimum atomic E-state index is -0.129. The molecule has 0 atom stereocenters. The van der Waals surface area contributed by atoms with Crippen molar-refractivity contribution in [3.8, 4) is 29.0 Å². The highest BCUT2D eigenvalue weighted by molar-refractivity contribution is 5.67. The van der Waals surface area contributed by atoms with Crippen molar-refractivity contribution in [3.63, 3.8) is 0 Å². The highest BCUT2D eigenvalue weighted by Crippen LogP contribution is 2.39. The van der Waals surface area contributed by atoms with Crippen LogP contribution in [-0.4, -0.2) is 31.1 Å². The molecule has 0 N–H and O–H groups in total. The van der Waals surface area contributed by atoms with Crippen LogP contribution in [0.1, 0.15) is 73.7 Å². The number of pyridine rings is 1. The molecule has 1 aliphatic rings. The first-order valence-electron chi connectivity index (χ1n) is 13.2. The molecule has 192 valence electrons. The normalized spacial score (nSPS) is 12.8. The summed E-state index contributed by atoms with van der Waals surface area (Å²) in [6.07, 6.45) is 10.1. The molecule has 3 heterocycles. The molecule has 1 saturated carbocycles. The number of nitrogens with zero attached hydrogens (tertiary/aromatic N) is 6. The van der Waals surface area contributed by atoms with Crippen LogP contribution in [0.25, 0.3) is 17.2 Å². The van der Waals surface area contributed by atoms with Gasteiger partial charge < -0.3 is 4.74 Å². The Morgan fingerprint density at radius 2 is 1.84 bits per heavy atom. The van der Waals surface area contributed by atoms with Crippen molar-refractivity contribution in [2.24, 2.45) is 0 Å². The molecule has 1 fully saturated rings. The van der Waals surface area contributed by atoms with Crippen molar-refractivity contribution in [1.29, 1.82) is 5.26 Å². The van der Waals surface area contributed by atoms with Crippen molar-refractivity contribution < 1.29 is 4.74 Å². The molecule has 4 aromatic rings. The molecule has 0 saturated heterocycles. The quantitative estimate of drug-likeness (QED) is 0.292. The highest BCUT2D eigenvalue weighted by Gasteiger charge is 2.31. The highest BCUT2D eigenvalue weighted by atomic mass is 16.5. The predicted octanol–water partition coefficient (Wildman–Crippen LogP) is 5.17. The minimum absolute atomic E-state index is 0.129. The number of ether oxygens (including phenoxy) is 1. The molecule has 8 nitrogen and oxygen atoms in total. The smallest absolute Gasteiger partial charge is 0.264 e. The van der Waals surface area contributed by atoms with Gasteiger partial charge in [-0.05, 0) is 50.3 Å². The van der Waals surface area contributed by atoms with Crippen LogP contribution in [0.2, 0.25) is 0 Å². The summed E-state index contributed by atoms with van der Waals surface area (Å²) in [7, 11) is 0. The number of benzene rings is 1. The van der Waals surface area contributed by atoms with E-state index in [9.17, 15) is 10.1 Å². The van der Waals surface area contributed by atoms with Gasteiger partial charge in [0.25, 0.3) is 5.56 Å². The second-order valence-electron chi connectivity index (χ2n) is 9.45. The Labute approximate surface area is 222 Å². The van der Waals surface area contributed by atoms with Crippen LogP contribution in [0.15, 0.2) is 59.8 Å². The summed E-state index contributed by atoms with van der Waals surface area (Å²) in [6.45, 7) is 4.55. The van der Waals surface area contributed by atoms with Gasteiger partial charge in [-0.25, -0.2) is 19.5 Å². The van der Waals surface area contributed by atoms with Gasteiger partial charge in [0.05, 0.1) is 42.0 Å². The van der Waals surface area contributed by atoms with Gasteiger partial charge in [-0.1, -0.05) is 37.6 Å².